The third-order valence-corrected chi connectivity index (χ3v) is 6.52. The van der Waals surface area contributed by atoms with Crippen LogP contribution >= 0.6 is 0 Å². The molecule has 3 rings (SSSR count). The predicted molar refractivity (Wildman–Crippen MR) is 104 cm³/mol. The fraction of sp³-hybridized carbons (Fsp3) is 0.300. The zero-order valence-corrected chi connectivity index (χ0v) is 16.6. The number of nitrogens with zero attached hydrogens (tertiary/aromatic N) is 2. The molecule has 0 bridgehead atoms. The third kappa shape index (κ3) is 4.40. The average molecular weight is 402 g/mol. The maximum absolute atomic E-state index is 12.9. The van der Waals surface area contributed by atoms with Gasteiger partial charge in [-0.15, -0.1) is 0 Å². The Bertz CT molecular complexity index is 978. The second-order valence-electron chi connectivity index (χ2n) is 6.64. The van der Waals surface area contributed by atoms with Crippen LogP contribution in [-0.2, 0) is 14.8 Å². The zero-order chi connectivity index (χ0) is 20.3. The molecule has 2 aromatic rings. The predicted octanol–water partition coefficient (Wildman–Crippen LogP) is 2.07. The van der Waals surface area contributed by atoms with Gasteiger partial charge >= 0.3 is 5.97 Å². The van der Waals surface area contributed by atoms with E-state index in [9.17, 15) is 18.0 Å². The molecule has 1 saturated heterocycles. The van der Waals surface area contributed by atoms with Gasteiger partial charge in [-0.3, -0.25) is 4.79 Å². The van der Waals surface area contributed by atoms with Crippen LogP contribution in [0.3, 0.4) is 0 Å². The van der Waals surface area contributed by atoms with Gasteiger partial charge in [0, 0.05) is 33.1 Å². The van der Waals surface area contributed by atoms with Gasteiger partial charge in [0.05, 0.1) is 10.5 Å². The minimum atomic E-state index is -3.76. The average Bonchev–Trinajstić information content (AvgIpc) is 2.70. The normalized spacial score (nSPS) is 15.3. The number of carbonyl (C=O) groups is 2. The number of hydrogen-bond acceptors (Lipinski definition) is 5. The molecule has 0 saturated carbocycles. The number of sulfonamides is 1. The fourth-order valence-electron chi connectivity index (χ4n) is 2.95. The zero-order valence-electron chi connectivity index (χ0n) is 15.8. The molecule has 0 N–H and O–H groups in total. The van der Waals surface area contributed by atoms with Crippen molar-refractivity contribution in [1.29, 1.82) is 0 Å². The van der Waals surface area contributed by atoms with E-state index in [0.29, 0.717) is 18.8 Å². The quantitative estimate of drug-likeness (QED) is 0.577. The molecule has 0 spiro atoms. The number of hydrogen-bond donors (Lipinski definition) is 0. The summed E-state index contributed by atoms with van der Waals surface area (Å²) >= 11 is 0. The van der Waals surface area contributed by atoms with Crippen LogP contribution in [0, 0.1) is 6.92 Å². The molecule has 28 heavy (non-hydrogen) atoms. The van der Waals surface area contributed by atoms with Crippen molar-refractivity contribution in [1.82, 2.24) is 9.21 Å². The van der Waals surface area contributed by atoms with E-state index >= 15 is 0 Å². The number of ether oxygens (including phenoxy) is 1. The highest BCUT2D eigenvalue weighted by molar-refractivity contribution is 7.89. The first-order valence-electron chi connectivity index (χ1n) is 8.92. The van der Waals surface area contributed by atoms with Crippen molar-refractivity contribution in [2.75, 3.05) is 26.2 Å². The summed E-state index contributed by atoms with van der Waals surface area (Å²) in [7, 11) is -3.76. The Morgan fingerprint density at radius 3 is 2.21 bits per heavy atom. The van der Waals surface area contributed by atoms with Crippen molar-refractivity contribution >= 4 is 21.9 Å². The van der Waals surface area contributed by atoms with Crippen molar-refractivity contribution in [3.05, 3.63) is 59.7 Å². The first-order chi connectivity index (χ1) is 13.3. The summed E-state index contributed by atoms with van der Waals surface area (Å²) in [4.78, 5) is 25.5. The van der Waals surface area contributed by atoms with Gasteiger partial charge in [-0.25, -0.2) is 13.2 Å². The van der Waals surface area contributed by atoms with Gasteiger partial charge in [-0.2, -0.15) is 4.31 Å². The van der Waals surface area contributed by atoms with E-state index in [4.69, 9.17) is 4.74 Å². The van der Waals surface area contributed by atoms with Gasteiger partial charge < -0.3 is 9.64 Å². The second-order valence-corrected chi connectivity index (χ2v) is 8.58. The number of rotatable bonds is 4. The second kappa shape index (κ2) is 8.12. The Balaban J connectivity index is 1.75. The van der Waals surface area contributed by atoms with E-state index in [2.05, 4.69) is 0 Å². The molecule has 1 amide bonds. The van der Waals surface area contributed by atoms with Gasteiger partial charge in [0.2, 0.25) is 15.9 Å². The summed E-state index contributed by atoms with van der Waals surface area (Å²) in [5, 5.41) is 0. The Hall–Kier alpha value is -2.71. The number of carbonyl (C=O) groups excluding carboxylic acids is 2. The number of esters is 1. The lowest BCUT2D eigenvalue weighted by atomic mass is 10.2. The number of amides is 1. The molecular weight excluding hydrogens is 380 g/mol. The minimum Gasteiger partial charge on any atom is -0.423 e. The Kier molecular flexibility index (Phi) is 5.81. The van der Waals surface area contributed by atoms with Crippen molar-refractivity contribution in [3.63, 3.8) is 0 Å². The van der Waals surface area contributed by atoms with Crippen LogP contribution in [0.4, 0.5) is 0 Å². The van der Waals surface area contributed by atoms with Gasteiger partial charge in [-0.1, -0.05) is 23.8 Å². The van der Waals surface area contributed by atoms with E-state index in [1.165, 1.54) is 35.5 Å². The third-order valence-electron chi connectivity index (χ3n) is 4.62. The maximum Gasteiger partial charge on any atom is 0.343 e. The molecule has 1 aliphatic heterocycles. The molecule has 148 valence electrons. The molecule has 1 aliphatic rings. The SMILES string of the molecule is CC(=O)N1CCN(S(=O)(=O)c2cccc(C(=O)Oc3ccc(C)cc3)c2)CC1. The van der Waals surface area contributed by atoms with E-state index in [1.54, 1.807) is 17.0 Å². The van der Waals surface area contributed by atoms with Crippen LogP contribution in [0.1, 0.15) is 22.8 Å². The van der Waals surface area contributed by atoms with Crippen LogP contribution < -0.4 is 4.74 Å². The molecule has 2 aromatic carbocycles. The molecule has 0 unspecified atom stereocenters. The van der Waals surface area contributed by atoms with E-state index in [1.807, 2.05) is 19.1 Å². The summed E-state index contributed by atoms with van der Waals surface area (Å²) < 4.78 is 32.5. The van der Waals surface area contributed by atoms with Gasteiger partial charge in [0.15, 0.2) is 0 Å². The summed E-state index contributed by atoms with van der Waals surface area (Å²) in [5.41, 5.74) is 1.20. The minimum absolute atomic E-state index is 0.0298. The molecule has 8 heteroatoms. The first kappa shape index (κ1) is 20.0. The molecular formula is C20H22N2O5S. The topological polar surface area (TPSA) is 84.0 Å². The van der Waals surface area contributed by atoms with E-state index in [-0.39, 0.29) is 29.5 Å². The van der Waals surface area contributed by atoms with Crippen LogP contribution in [0.25, 0.3) is 0 Å². The largest absolute Gasteiger partial charge is 0.423 e. The lowest BCUT2D eigenvalue weighted by molar-refractivity contribution is -0.129. The summed E-state index contributed by atoms with van der Waals surface area (Å²) in [6.07, 6.45) is 0. The van der Waals surface area contributed by atoms with Crippen molar-refractivity contribution in [3.8, 4) is 5.75 Å². The lowest BCUT2D eigenvalue weighted by Gasteiger charge is -2.33. The molecule has 1 fully saturated rings. The van der Waals surface area contributed by atoms with Gasteiger partial charge in [0.1, 0.15) is 5.75 Å². The summed E-state index contributed by atoms with van der Waals surface area (Å²) in [6, 6.07) is 12.8. The number of benzene rings is 2. The molecule has 1 heterocycles. The molecule has 0 atom stereocenters. The van der Waals surface area contributed by atoms with E-state index < -0.39 is 16.0 Å². The molecule has 0 aromatic heterocycles. The smallest absolute Gasteiger partial charge is 0.343 e. The molecule has 0 radical (unpaired) electrons. The van der Waals surface area contributed by atoms with Crippen LogP contribution in [0.15, 0.2) is 53.4 Å². The lowest BCUT2D eigenvalue weighted by Crippen LogP contribution is -2.49. The van der Waals surface area contributed by atoms with Gasteiger partial charge in [-0.05, 0) is 37.3 Å². The fourth-order valence-corrected chi connectivity index (χ4v) is 4.42. The molecule has 7 nitrogen and oxygen atoms in total. The van der Waals surface area contributed by atoms with Crippen molar-refractivity contribution < 1.29 is 22.7 Å². The highest BCUT2D eigenvalue weighted by atomic mass is 32.2. The first-order valence-corrected chi connectivity index (χ1v) is 10.4. The van der Waals surface area contributed by atoms with Crippen LogP contribution in [-0.4, -0.2) is 55.7 Å². The van der Waals surface area contributed by atoms with Crippen molar-refractivity contribution in [2.24, 2.45) is 0 Å². The van der Waals surface area contributed by atoms with Crippen LogP contribution in [0.5, 0.6) is 5.75 Å². The summed E-state index contributed by atoms with van der Waals surface area (Å²) in [5.74, 6) is -0.301. The van der Waals surface area contributed by atoms with Gasteiger partial charge in [0.25, 0.3) is 0 Å². The summed E-state index contributed by atoms with van der Waals surface area (Å²) in [6.45, 7) is 4.54. The number of piperazine rings is 1. The standard InChI is InChI=1S/C20H22N2O5S/c1-15-6-8-18(9-7-15)27-20(24)17-4-3-5-19(14-17)28(25,26)22-12-10-21(11-13-22)16(2)23/h3-9,14H,10-13H2,1-2H3. The Morgan fingerprint density at radius 1 is 0.964 bits per heavy atom. The monoisotopic (exact) mass is 402 g/mol. The van der Waals surface area contributed by atoms with E-state index in [0.717, 1.165) is 5.56 Å². The highest BCUT2D eigenvalue weighted by Gasteiger charge is 2.29. The maximum atomic E-state index is 12.9. The van der Waals surface area contributed by atoms with Crippen molar-refractivity contribution in [2.45, 2.75) is 18.7 Å². The Labute approximate surface area is 164 Å². The number of aryl methyl sites for hydroxylation is 1. The van der Waals surface area contributed by atoms with Crippen LogP contribution in [0.2, 0.25) is 0 Å². The molecule has 0 aliphatic carbocycles. The Morgan fingerprint density at radius 2 is 1.61 bits per heavy atom. The highest BCUT2D eigenvalue weighted by Crippen LogP contribution is 2.20.